The summed E-state index contributed by atoms with van der Waals surface area (Å²) in [6.45, 7) is 6.48. The van der Waals surface area contributed by atoms with E-state index in [9.17, 15) is 4.79 Å². The lowest BCUT2D eigenvalue weighted by molar-refractivity contribution is 0.0858. The lowest BCUT2D eigenvalue weighted by Gasteiger charge is -2.24. The van der Waals surface area contributed by atoms with E-state index in [1.807, 2.05) is 12.1 Å². The van der Waals surface area contributed by atoms with E-state index in [4.69, 9.17) is 0 Å². The molecule has 1 saturated heterocycles. The quantitative estimate of drug-likeness (QED) is 0.781. The van der Waals surface area contributed by atoms with Gasteiger partial charge in [0.05, 0.1) is 6.04 Å². The Morgan fingerprint density at radius 3 is 2.35 bits per heavy atom. The van der Waals surface area contributed by atoms with Crippen LogP contribution in [0.3, 0.4) is 0 Å². The number of hydrogen-bond donors (Lipinski definition) is 0. The van der Waals surface area contributed by atoms with Crippen LogP contribution in [0.15, 0.2) is 24.3 Å². The zero-order valence-corrected chi connectivity index (χ0v) is 12.6. The number of rotatable bonds is 4. The fourth-order valence-corrected chi connectivity index (χ4v) is 3.90. The molecule has 2 nitrogen and oxygen atoms in total. The van der Waals surface area contributed by atoms with Gasteiger partial charge < -0.3 is 0 Å². The highest BCUT2D eigenvalue weighted by Gasteiger charge is 2.39. The van der Waals surface area contributed by atoms with Gasteiger partial charge in [0.15, 0.2) is 5.78 Å². The zero-order chi connectivity index (χ0) is 14.1. The van der Waals surface area contributed by atoms with Gasteiger partial charge in [-0.05, 0) is 43.6 Å². The number of benzene rings is 1. The minimum atomic E-state index is 0.0353. The predicted molar refractivity (Wildman–Crippen MR) is 82.0 cm³/mol. The first-order valence-electron chi connectivity index (χ1n) is 8.06. The van der Waals surface area contributed by atoms with Crippen molar-refractivity contribution in [3.63, 3.8) is 0 Å². The molecule has 1 aliphatic heterocycles. The van der Waals surface area contributed by atoms with Crippen LogP contribution in [0, 0.1) is 11.8 Å². The van der Waals surface area contributed by atoms with Crippen LogP contribution in [0.25, 0.3) is 0 Å². The second-order valence-electron chi connectivity index (χ2n) is 6.50. The van der Waals surface area contributed by atoms with E-state index in [0.29, 0.717) is 0 Å². The van der Waals surface area contributed by atoms with Crippen molar-refractivity contribution >= 4 is 5.78 Å². The third-order valence-electron chi connectivity index (χ3n) is 5.33. The molecule has 0 amide bonds. The number of Topliss-reactive ketones (excluding diaryl/α,β-unsaturated/α-hetero) is 1. The first-order chi connectivity index (χ1) is 9.69. The van der Waals surface area contributed by atoms with E-state index in [0.717, 1.165) is 36.9 Å². The van der Waals surface area contributed by atoms with Gasteiger partial charge in [-0.3, -0.25) is 9.69 Å². The number of aryl methyl sites for hydroxylation is 1. The van der Waals surface area contributed by atoms with Crippen molar-refractivity contribution < 1.29 is 4.79 Å². The van der Waals surface area contributed by atoms with E-state index in [1.165, 1.54) is 24.8 Å². The molecule has 3 atom stereocenters. The number of likely N-dealkylation sites (tertiary alicyclic amines) is 1. The van der Waals surface area contributed by atoms with Crippen LogP contribution in [0.4, 0.5) is 0 Å². The largest absolute Gasteiger partial charge is 0.293 e. The predicted octanol–water partition coefficient (Wildman–Crippen LogP) is 3.55. The summed E-state index contributed by atoms with van der Waals surface area (Å²) in [5, 5.41) is 0. The molecular formula is C18H25NO. The van der Waals surface area contributed by atoms with E-state index in [1.54, 1.807) is 0 Å². The summed E-state index contributed by atoms with van der Waals surface area (Å²) in [4.78, 5) is 15.0. The summed E-state index contributed by atoms with van der Waals surface area (Å²) in [5.41, 5.74) is 2.16. The van der Waals surface area contributed by atoms with Crippen LogP contribution >= 0.6 is 0 Å². The van der Waals surface area contributed by atoms with Gasteiger partial charge in [0.25, 0.3) is 0 Å². The smallest absolute Gasteiger partial charge is 0.179 e. The Balaban J connectivity index is 1.67. The fourth-order valence-electron chi connectivity index (χ4n) is 3.90. The lowest BCUT2D eigenvalue weighted by atomic mass is 10.0. The Morgan fingerprint density at radius 2 is 1.80 bits per heavy atom. The monoisotopic (exact) mass is 271 g/mol. The molecule has 1 aliphatic carbocycles. The Kier molecular flexibility index (Phi) is 3.93. The molecule has 2 aliphatic rings. The number of ketones is 1. The molecule has 3 rings (SSSR count). The molecular weight excluding hydrogens is 246 g/mol. The van der Waals surface area contributed by atoms with Crippen LogP contribution in [0.1, 0.15) is 49.0 Å². The first-order valence-corrected chi connectivity index (χ1v) is 8.06. The maximum atomic E-state index is 12.6. The van der Waals surface area contributed by atoms with Crippen molar-refractivity contribution in [3.05, 3.63) is 35.4 Å². The molecule has 3 unspecified atom stereocenters. The Morgan fingerprint density at radius 1 is 1.20 bits per heavy atom. The van der Waals surface area contributed by atoms with Gasteiger partial charge in [-0.2, -0.15) is 0 Å². The zero-order valence-electron chi connectivity index (χ0n) is 12.6. The molecule has 1 saturated carbocycles. The number of nitrogens with zero attached hydrogens (tertiary/aromatic N) is 1. The van der Waals surface area contributed by atoms with Crippen molar-refractivity contribution in [2.75, 3.05) is 13.1 Å². The Bertz CT molecular complexity index is 467. The van der Waals surface area contributed by atoms with Gasteiger partial charge in [0.2, 0.25) is 0 Å². The van der Waals surface area contributed by atoms with Crippen LogP contribution in [0.5, 0.6) is 0 Å². The van der Waals surface area contributed by atoms with Crippen LogP contribution in [0.2, 0.25) is 0 Å². The maximum absolute atomic E-state index is 12.6. The number of carbonyl (C=O) groups excluding carboxylic acids is 1. The summed E-state index contributed by atoms with van der Waals surface area (Å²) < 4.78 is 0. The molecule has 2 fully saturated rings. The topological polar surface area (TPSA) is 20.3 Å². The van der Waals surface area contributed by atoms with Crippen molar-refractivity contribution in [1.82, 2.24) is 4.90 Å². The van der Waals surface area contributed by atoms with Crippen molar-refractivity contribution in [1.29, 1.82) is 0 Å². The van der Waals surface area contributed by atoms with Crippen LogP contribution < -0.4 is 0 Å². The van der Waals surface area contributed by atoms with Gasteiger partial charge in [0.1, 0.15) is 0 Å². The first kappa shape index (κ1) is 13.8. The molecule has 2 heteroatoms. The molecule has 1 aromatic carbocycles. The van der Waals surface area contributed by atoms with Gasteiger partial charge in [-0.15, -0.1) is 0 Å². The second-order valence-corrected chi connectivity index (χ2v) is 6.50. The SMILES string of the molecule is CCc1ccc(C(=O)C(C)N2CC3CCCC3C2)cc1. The highest BCUT2D eigenvalue weighted by molar-refractivity contribution is 5.99. The molecule has 0 N–H and O–H groups in total. The highest BCUT2D eigenvalue weighted by Crippen LogP contribution is 2.38. The molecule has 0 aromatic heterocycles. The summed E-state index contributed by atoms with van der Waals surface area (Å²) in [6, 6.07) is 8.19. The molecule has 0 bridgehead atoms. The third-order valence-corrected chi connectivity index (χ3v) is 5.33. The minimum Gasteiger partial charge on any atom is -0.293 e. The minimum absolute atomic E-state index is 0.0353. The number of fused-ring (bicyclic) bond motifs is 1. The van der Waals surface area contributed by atoms with Gasteiger partial charge >= 0.3 is 0 Å². The standard InChI is InChI=1S/C18H25NO/c1-3-14-7-9-15(10-8-14)18(20)13(2)19-11-16-5-4-6-17(16)12-19/h7-10,13,16-17H,3-6,11-12H2,1-2H3. The highest BCUT2D eigenvalue weighted by atomic mass is 16.1. The average molecular weight is 271 g/mol. The van der Waals surface area contributed by atoms with Gasteiger partial charge in [0, 0.05) is 18.7 Å². The number of carbonyl (C=O) groups is 1. The summed E-state index contributed by atoms with van der Waals surface area (Å²) in [5.74, 6) is 1.99. The van der Waals surface area contributed by atoms with Crippen molar-refractivity contribution in [3.8, 4) is 0 Å². The normalized spacial score (nSPS) is 27.5. The van der Waals surface area contributed by atoms with Gasteiger partial charge in [-0.25, -0.2) is 0 Å². The third kappa shape index (κ3) is 2.54. The summed E-state index contributed by atoms with van der Waals surface area (Å²) >= 11 is 0. The van der Waals surface area contributed by atoms with Crippen LogP contribution in [-0.4, -0.2) is 29.8 Å². The molecule has 1 aromatic rings. The van der Waals surface area contributed by atoms with E-state index < -0.39 is 0 Å². The average Bonchev–Trinajstić information content (AvgIpc) is 3.07. The lowest BCUT2D eigenvalue weighted by Crippen LogP contribution is -2.38. The maximum Gasteiger partial charge on any atom is 0.179 e. The van der Waals surface area contributed by atoms with Crippen molar-refractivity contribution in [2.24, 2.45) is 11.8 Å². The summed E-state index contributed by atoms with van der Waals surface area (Å²) in [7, 11) is 0. The van der Waals surface area contributed by atoms with E-state index in [-0.39, 0.29) is 11.8 Å². The summed E-state index contributed by atoms with van der Waals surface area (Å²) in [6.07, 6.45) is 5.16. The molecule has 0 radical (unpaired) electrons. The van der Waals surface area contributed by atoms with Crippen LogP contribution in [-0.2, 0) is 6.42 Å². The fraction of sp³-hybridized carbons (Fsp3) is 0.611. The Hall–Kier alpha value is -1.15. The van der Waals surface area contributed by atoms with E-state index in [2.05, 4.69) is 30.9 Å². The molecule has 20 heavy (non-hydrogen) atoms. The van der Waals surface area contributed by atoms with E-state index >= 15 is 0 Å². The molecule has 1 heterocycles. The van der Waals surface area contributed by atoms with Gasteiger partial charge in [-0.1, -0.05) is 37.6 Å². The second kappa shape index (κ2) is 5.69. The molecule has 0 spiro atoms. The Labute approximate surface area is 122 Å². The van der Waals surface area contributed by atoms with Crippen molar-refractivity contribution in [2.45, 2.75) is 45.6 Å². The molecule has 108 valence electrons. The number of hydrogen-bond acceptors (Lipinski definition) is 2.